The van der Waals surface area contributed by atoms with E-state index in [1.807, 2.05) is 0 Å². The van der Waals surface area contributed by atoms with E-state index in [1.165, 1.54) is 0 Å². The molecule has 0 aromatic carbocycles. The molecule has 0 saturated carbocycles. The van der Waals surface area contributed by atoms with Gasteiger partial charge in [0.2, 0.25) is 0 Å². The third-order valence-electron chi connectivity index (χ3n) is 1.51. The molecule has 1 atom stereocenters. The van der Waals surface area contributed by atoms with Crippen LogP contribution in [0, 0.1) is 0 Å². The zero-order chi connectivity index (χ0) is 7.98. The van der Waals surface area contributed by atoms with Crippen molar-refractivity contribution >= 4 is 9.28 Å². The first-order chi connectivity index (χ1) is 4.79. The van der Waals surface area contributed by atoms with E-state index in [0.717, 1.165) is 6.42 Å². The van der Waals surface area contributed by atoms with Crippen molar-refractivity contribution in [3.8, 4) is 0 Å². The van der Waals surface area contributed by atoms with E-state index >= 15 is 0 Å². The predicted molar refractivity (Wildman–Crippen MR) is 42.9 cm³/mol. The fraction of sp³-hybridized carbons (Fsp3) is 1.00. The molecule has 0 amide bonds. The van der Waals surface area contributed by atoms with Gasteiger partial charge in [-0.3, -0.25) is 0 Å². The highest BCUT2D eigenvalue weighted by atomic mass is 28.3. The van der Waals surface area contributed by atoms with E-state index in [1.54, 1.807) is 14.2 Å². The molecule has 0 spiro atoms. The van der Waals surface area contributed by atoms with Crippen LogP contribution in [0.15, 0.2) is 0 Å². The molecule has 0 aliphatic carbocycles. The van der Waals surface area contributed by atoms with Crippen molar-refractivity contribution in [1.29, 1.82) is 0 Å². The van der Waals surface area contributed by atoms with Crippen LogP contribution < -0.4 is 5.73 Å². The summed E-state index contributed by atoms with van der Waals surface area (Å²) >= 11 is 0. The molecular formula is C6H16NO2Si. The van der Waals surface area contributed by atoms with Crippen molar-refractivity contribution in [2.24, 2.45) is 5.73 Å². The summed E-state index contributed by atoms with van der Waals surface area (Å²) in [5, 5.41) is 0. The second kappa shape index (κ2) is 5.85. The maximum atomic E-state index is 5.50. The molecule has 2 N–H and O–H groups in total. The second-order valence-corrected chi connectivity index (χ2v) is 4.34. The van der Waals surface area contributed by atoms with E-state index in [9.17, 15) is 0 Å². The highest BCUT2D eigenvalue weighted by Crippen LogP contribution is 2.13. The lowest BCUT2D eigenvalue weighted by atomic mass is 10.3. The lowest BCUT2D eigenvalue weighted by molar-refractivity contribution is 0.264. The van der Waals surface area contributed by atoms with Crippen molar-refractivity contribution < 1.29 is 8.85 Å². The molecule has 0 aliphatic heterocycles. The SMILES string of the molecule is CCC(CN)[Si](OC)OC. The van der Waals surface area contributed by atoms with E-state index in [-0.39, 0.29) is 0 Å². The van der Waals surface area contributed by atoms with Crippen LogP contribution in [0.1, 0.15) is 13.3 Å². The van der Waals surface area contributed by atoms with Gasteiger partial charge in [0.05, 0.1) is 0 Å². The Balaban J connectivity index is 3.70. The normalized spacial score (nSPS) is 14.1. The Bertz CT molecular complexity index is 64.1. The van der Waals surface area contributed by atoms with Gasteiger partial charge in [-0.15, -0.1) is 0 Å². The quantitative estimate of drug-likeness (QED) is 0.599. The molecule has 1 radical (unpaired) electrons. The zero-order valence-corrected chi connectivity index (χ0v) is 7.89. The molecule has 4 heteroatoms. The monoisotopic (exact) mass is 162 g/mol. The van der Waals surface area contributed by atoms with Crippen molar-refractivity contribution in [1.82, 2.24) is 0 Å². The molecule has 0 saturated heterocycles. The summed E-state index contributed by atoms with van der Waals surface area (Å²) in [5.74, 6) is 0. The topological polar surface area (TPSA) is 44.5 Å². The minimum atomic E-state index is -1.09. The Morgan fingerprint density at radius 3 is 2.00 bits per heavy atom. The minimum Gasteiger partial charge on any atom is -0.397 e. The van der Waals surface area contributed by atoms with Gasteiger partial charge >= 0.3 is 9.28 Å². The third kappa shape index (κ3) is 2.79. The predicted octanol–water partition coefficient (Wildman–Crippen LogP) is 0.506. The van der Waals surface area contributed by atoms with E-state index < -0.39 is 9.28 Å². The van der Waals surface area contributed by atoms with Crippen LogP contribution >= 0.6 is 0 Å². The maximum absolute atomic E-state index is 5.50. The molecule has 0 aromatic rings. The van der Waals surface area contributed by atoms with Crippen LogP contribution in [-0.2, 0) is 8.85 Å². The molecule has 0 bridgehead atoms. The summed E-state index contributed by atoms with van der Waals surface area (Å²) in [6.45, 7) is 2.76. The second-order valence-electron chi connectivity index (χ2n) is 2.07. The van der Waals surface area contributed by atoms with Gasteiger partial charge in [-0.25, -0.2) is 0 Å². The fourth-order valence-corrected chi connectivity index (χ4v) is 2.21. The van der Waals surface area contributed by atoms with Crippen LogP contribution in [0.25, 0.3) is 0 Å². The molecular weight excluding hydrogens is 146 g/mol. The molecule has 0 heterocycles. The first-order valence-electron chi connectivity index (χ1n) is 3.45. The van der Waals surface area contributed by atoms with E-state index in [4.69, 9.17) is 14.6 Å². The summed E-state index contributed by atoms with van der Waals surface area (Å²) in [6.07, 6.45) is 1.03. The van der Waals surface area contributed by atoms with Gasteiger partial charge in [0.1, 0.15) is 0 Å². The molecule has 0 aliphatic rings. The van der Waals surface area contributed by atoms with Crippen LogP contribution in [-0.4, -0.2) is 30.0 Å². The van der Waals surface area contributed by atoms with E-state index in [0.29, 0.717) is 12.1 Å². The third-order valence-corrected chi connectivity index (χ3v) is 3.63. The largest absolute Gasteiger partial charge is 0.397 e. The number of rotatable bonds is 5. The summed E-state index contributed by atoms with van der Waals surface area (Å²) in [5.41, 5.74) is 5.92. The van der Waals surface area contributed by atoms with Gasteiger partial charge in [-0.2, -0.15) is 0 Å². The lowest BCUT2D eigenvalue weighted by Gasteiger charge is -2.17. The summed E-state index contributed by atoms with van der Waals surface area (Å²) < 4.78 is 10.3. The van der Waals surface area contributed by atoms with Crippen LogP contribution in [0.4, 0.5) is 0 Å². The van der Waals surface area contributed by atoms with Crippen LogP contribution in [0.3, 0.4) is 0 Å². The Hall–Kier alpha value is 0.0969. The van der Waals surface area contributed by atoms with Gasteiger partial charge in [-0.1, -0.05) is 13.3 Å². The molecule has 3 nitrogen and oxygen atoms in total. The number of hydrogen-bond donors (Lipinski definition) is 1. The van der Waals surface area contributed by atoms with Crippen molar-refractivity contribution in [3.63, 3.8) is 0 Å². The van der Waals surface area contributed by atoms with Crippen LogP contribution in [0.2, 0.25) is 5.54 Å². The molecule has 0 aromatic heterocycles. The van der Waals surface area contributed by atoms with Crippen molar-refractivity contribution in [2.45, 2.75) is 18.9 Å². The summed E-state index contributed by atoms with van der Waals surface area (Å²) in [4.78, 5) is 0. The number of hydrogen-bond acceptors (Lipinski definition) is 3. The fourth-order valence-electron chi connectivity index (χ4n) is 0.846. The lowest BCUT2D eigenvalue weighted by Crippen LogP contribution is -2.30. The standard InChI is InChI=1S/C6H16NO2Si/c1-4-6(5-7)10(8-2)9-3/h6H,4-5,7H2,1-3H3. The molecule has 0 rings (SSSR count). The highest BCUT2D eigenvalue weighted by molar-refractivity contribution is 6.46. The Labute approximate surface area is 64.4 Å². The Kier molecular flexibility index (Phi) is 5.91. The van der Waals surface area contributed by atoms with Gasteiger partial charge in [0, 0.05) is 19.8 Å². The van der Waals surface area contributed by atoms with Gasteiger partial charge < -0.3 is 14.6 Å². The Morgan fingerprint density at radius 1 is 1.40 bits per heavy atom. The van der Waals surface area contributed by atoms with Gasteiger partial charge in [-0.05, 0) is 6.54 Å². The van der Waals surface area contributed by atoms with Crippen molar-refractivity contribution in [2.75, 3.05) is 20.8 Å². The highest BCUT2D eigenvalue weighted by Gasteiger charge is 2.22. The average Bonchev–Trinajstić information content (AvgIpc) is 2.00. The number of nitrogens with two attached hydrogens (primary N) is 1. The smallest absolute Gasteiger partial charge is 0.388 e. The average molecular weight is 162 g/mol. The Morgan fingerprint density at radius 2 is 1.90 bits per heavy atom. The first kappa shape index (κ1) is 10.1. The molecule has 10 heavy (non-hydrogen) atoms. The summed E-state index contributed by atoms with van der Waals surface area (Å²) in [7, 11) is 2.26. The minimum absolute atomic E-state index is 0.417. The zero-order valence-electron chi connectivity index (χ0n) is 6.89. The maximum Gasteiger partial charge on any atom is 0.388 e. The van der Waals surface area contributed by atoms with Crippen LogP contribution in [0.5, 0.6) is 0 Å². The summed E-state index contributed by atoms with van der Waals surface area (Å²) in [6, 6.07) is 0. The first-order valence-corrected chi connectivity index (χ1v) is 4.84. The van der Waals surface area contributed by atoms with Gasteiger partial charge in [0.15, 0.2) is 0 Å². The van der Waals surface area contributed by atoms with Crippen molar-refractivity contribution in [3.05, 3.63) is 0 Å². The molecule has 1 unspecified atom stereocenters. The molecule has 61 valence electrons. The van der Waals surface area contributed by atoms with Gasteiger partial charge in [0.25, 0.3) is 0 Å². The van der Waals surface area contributed by atoms with E-state index in [2.05, 4.69) is 6.92 Å². The molecule has 0 fully saturated rings.